The van der Waals surface area contributed by atoms with Crippen LogP contribution < -0.4 is 0 Å². The second kappa shape index (κ2) is 3.44. The Morgan fingerprint density at radius 3 is 2.50 bits per heavy atom. The lowest BCUT2D eigenvalue weighted by atomic mass is 10.00. The first kappa shape index (κ1) is 9.58. The third-order valence-electron chi connectivity index (χ3n) is 3.57. The molecule has 3 heteroatoms. The molecule has 0 unspecified atom stereocenters. The van der Waals surface area contributed by atoms with Gasteiger partial charge in [-0.2, -0.15) is 0 Å². The fourth-order valence-electron chi connectivity index (χ4n) is 2.80. The van der Waals surface area contributed by atoms with Gasteiger partial charge < -0.3 is 4.90 Å². The van der Waals surface area contributed by atoms with E-state index in [1.807, 2.05) is 30.3 Å². The summed E-state index contributed by atoms with van der Waals surface area (Å²) in [7, 11) is 0. The highest BCUT2D eigenvalue weighted by atomic mass is 16.2. The summed E-state index contributed by atoms with van der Waals surface area (Å²) >= 11 is 0. The molecule has 16 heavy (non-hydrogen) atoms. The first-order valence-electron chi connectivity index (χ1n) is 5.68. The quantitative estimate of drug-likeness (QED) is 0.714. The van der Waals surface area contributed by atoms with Crippen LogP contribution in [0.3, 0.4) is 0 Å². The number of ketones is 1. The highest BCUT2D eigenvalue weighted by molar-refractivity contribution is 6.01. The van der Waals surface area contributed by atoms with E-state index in [-0.39, 0.29) is 23.8 Å². The van der Waals surface area contributed by atoms with Crippen molar-refractivity contribution in [2.75, 3.05) is 0 Å². The number of Topliss-reactive ketones (excluding diaryl/α,β-unsaturated/α-hetero) is 1. The number of hydrogen-bond donors (Lipinski definition) is 0. The van der Waals surface area contributed by atoms with Gasteiger partial charge in [0, 0.05) is 18.0 Å². The predicted molar refractivity (Wildman–Crippen MR) is 59.0 cm³/mol. The van der Waals surface area contributed by atoms with Crippen molar-refractivity contribution < 1.29 is 9.59 Å². The second-order valence-corrected chi connectivity index (χ2v) is 4.50. The van der Waals surface area contributed by atoms with Crippen LogP contribution in [0.2, 0.25) is 0 Å². The van der Waals surface area contributed by atoms with E-state index in [1.54, 1.807) is 4.90 Å². The van der Waals surface area contributed by atoms with Gasteiger partial charge in [-0.15, -0.1) is 0 Å². The van der Waals surface area contributed by atoms with Crippen molar-refractivity contribution in [1.29, 1.82) is 0 Å². The lowest BCUT2D eigenvalue weighted by Gasteiger charge is -2.20. The molecule has 2 aliphatic heterocycles. The van der Waals surface area contributed by atoms with Gasteiger partial charge in [0.2, 0.25) is 0 Å². The molecule has 2 bridgehead atoms. The van der Waals surface area contributed by atoms with E-state index in [2.05, 4.69) is 0 Å². The molecule has 0 aromatic heterocycles. The number of nitrogens with zero attached hydrogens (tertiary/aromatic N) is 1. The zero-order valence-electron chi connectivity index (χ0n) is 8.93. The topological polar surface area (TPSA) is 37.4 Å². The summed E-state index contributed by atoms with van der Waals surface area (Å²) in [5.74, 6) is 0.250. The third kappa shape index (κ3) is 1.28. The molecular weight excluding hydrogens is 202 g/mol. The van der Waals surface area contributed by atoms with Crippen molar-refractivity contribution in [2.24, 2.45) is 0 Å². The van der Waals surface area contributed by atoms with E-state index in [4.69, 9.17) is 0 Å². The van der Waals surface area contributed by atoms with E-state index in [1.165, 1.54) is 0 Å². The van der Waals surface area contributed by atoms with Gasteiger partial charge in [-0.1, -0.05) is 18.2 Å². The number of amides is 1. The largest absolute Gasteiger partial charge is 0.325 e. The van der Waals surface area contributed by atoms with Crippen molar-refractivity contribution in [1.82, 2.24) is 4.90 Å². The zero-order chi connectivity index (χ0) is 11.1. The molecule has 3 nitrogen and oxygen atoms in total. The van der Waals surface area contributed by atoms with Crippen molar-refractivity contribution in [3.05, 3.63) is 35.9 Å². The first-order chi connectivity index (χ1) is 7.77. The van der Waals surface area contributed by atoms with Gasteiger partial charge in [0.15, 0.2) is 5.78 Å². The summed E-state index contributed by atoms with van der Waals surface area (Å²) in [6, 6.07) is 9.23. The highest BCUT2D eigenvalue weighted by Gasteiger charge is 2.47. The molecule has 1 aromatic carbocycles. The van der Waals surface area contributed by atoms with Crippen LogP contribution in [-0.2, 0) is 4.79 Å². The van der Waals surface area contributed by atoms with Crippen molar-refractivity contribution >= 4 is 11.7 Å². The summed E-state index contributed by atoms with van der Waals surface area (Å²) in [4.78, 5) is 25.6. The summed E-state index contributed by atoms with van der Waals surface area (Å²) in [6.07, 6.45) is 2.39. The second-order valence-electron chi connectivity index (χ2n) is 4.50. The molecule has 0 N–H and O–H groups in total. The standard InChI is InChI=1S/C13H13NO2/c15-12-8-10-6-7-11(12)14(10)13(16)9-4-2-1-3-5-9/h1-5,10-11H,6-8H2/t10-,11+/m1/s1. The van der Waals surface area contributed by atoms with Crippen LogP contribution in [0.1, 0.15) is 29.6 Å². The number of fused-ring (bicyclic) bond motifs is 2. The van der Waals surface area contributed by atoms with Gasteiger partial charge >= 0.3 is 0 Å². The van der Waals surface area contributed by atoms with E-state index < -0.39 is 0 Å². The third-order valence-corrected chi connectivity index (χ3v) is 3.57. The van der Waals surface area contributed by atoms with Crippen LogP contribution in [0.4, 0.5) is 0 Å². The summed E-state index contributed by atoms with van der Waals surface area (Å²) in [5, 5.41) is 0. The number of carbonyl (C=O) groups is 2. The summed E-state index contributed by atoms with van der Waals surface area (Å²) < 4.78 is 0. The molecular formula is C13H13NO2. The average molecular weight is 215 g/mol. The maximum atomic E-state index is 12.2. The van der Waals surface area contributed by atoms with E-state index in [9.17, 15) is 9.59 Å². The Morgan fingerprint density at radius 2 is 1.94 bits per heavy atom. The minimum absolute atomic E-state index is 0.0129. The molecule has 2 aliphatic rings. The Morgan fingerprint density at radius 1 is 1.19 bits per heavy atom. The Kier molecular flexibility index (Phi) is 2.06. The Labute approximate surface area is 94.1 Å². The van der Waals surface area contributed by atoms with Crippen LogP contribution in [-0.4, -0.2) is 28.7 Å². The van der Waals surface area contributed by atoms with Crippen molar-refractivity contribution in [3.63, 3.8) is 0 Å². The van der Waals surface area contributed by atoms with E-state index in [0.29, 0.717) is 12.0 Å². The highest BCUT2D eigenvalue weighted by Crippen LogP contribution is 2.36. The molecule has 2 heterocycles. The zero-order valence-corrected chi connectivity index (χ0v) is 8.93. The van der Waals surface area contributed by atoms with Crippen molar-refractivity contribution in [2.45, 2.75) is 31.3 Å². The van der Waals surface area contributed by atoms with Crippen LogP contribution in [0.5, 0.6) is 0 Å². The van der Waals surface area contributed by atoms with Gasteiger partial charge in [0.1, 0.15) is 0 Å². The van der Waals surface area contributed by atoms with Crippen LogP contribution in [0.15, 0.2) is 30.3 Å². The molecule has 2 atom stereocenters. The molecule has 82 valence electrons. The SMILES string of the molecule is O=C1C[C@H]2CC[C@@H]1N2C(=O)c1ccccc1. The molecule has 2 fully saturated rings. The monoisotopic (exact) mass is 215 g/mol. The normalized spacial score (nSPS) is 27.5. The first-order valence-corrected chi connectivity index (χ1v) is 5.68. The van der Waals surface area contributed by atoms with Crippen LogP contribution in [0, 0.1) is 0 Å². The maximum Gasteiger partial charge on any atom is 0.254 e. The molecule has 0 aliphatic carbocycles. The minimum Gasteiger partial charge on any atom is -0.325 e. The lowest BCUT2D eigenvalue weighted by molar-refractivity contribution is -0.120. The summed E-state index contributed by atoms with van der Waals surface area (Å²) in [6.45, 7) is 0. The Hall–Kier alpha value is -1.64. The molecule has 0 radical (unpaired) electrons. The average Bonchev–Trinajstić information content (AvgIpc) is 2.85. The Bertz CT molecular complexity index is 441. The van der Waals surface area contributed by atoms with Gasteiger partial charge in [0.05, 0.1) is 6.04 Å². The number of benzene rings is 1. The molecule has 3 rings (SSSR count). The van der Waals surface area contributed by atoms with Crippen molar-refractivity contribution in [3.8, 4) is 0 Å². The minimum atomic E-state index is -0.141. The van der Waals surface area contributed by atoms with Gasteiger partial charge in [-0.3, -0.25) is 9.59 Å². The van der Waals surface area contributed by atoms with Crippen LogP contribution in [0.25, 0.3) is 0 Å². The number of rotatable bonds is 1. The van der Waals surface area contributed by atoms with E-state index in [0.717, 1.165) is 12.8 Å². The number of carbonyl (C=O) groups excluding carboxylic acids is 2. The fourth-order valence-corrected chi connectivity index (χ4v) is 2.80. The smallest absolute Gasteiger partial charge is 0.254 e. The molecule has 2 saturated heterocycles. The lowest BCUT2D eigenvalue weighted by Crippen LogP contribution is -2.36. The molecule has 1 aromatic rings. The van der Waals surface area contributed by atoms with Gasteiger partial charge in [-0.25, -0.2) is 0 Å². The summed E-state index contributed by atoms with van der Waals surface area (Å²) in [5.41, 5.74) is 0.689. The Balaban J connectivity index is 1.90. The maximum absolute atomic E-state index is 12.2. The fraction of sp³-hybridized carbons (Fsp3) is 0.385. The van der Waals surface area contributed by atoms with Gasteiger partial charge in [0.25, 0.3) is 5.91 Å². The van der Waals surface area contributed by atoms with Crippen LogP contribution >= 0.6 is 0 Å². The number of hydrogen-bond acceptors (Lipinski definition) is 2. The van der Waals surface area contributed by atoms with E-state index >= 15 is 0 Å². The molecule has 0 spiro atoms. The molecule has 0 saturated carbocycles. The van der Waals surface area contributed by atoms with Gasteiger partial charge in [-0.05, 0) is 25.0 Å². The predicted octanol–water partition coefficient (Wildman–Crippen LogP) is 1.63. The molecule has 1 amide bonds.